The molecule has 3 aromatic rings. The molecule has 0 atom stereocenters. The lowest BCUT2D eigenvalue weighted by molar-refractivity contribution is -0.135. The average Bonchev–Trinajstić information content (AvgIpc) is 3.31. The van der Waals surface area contributed by atoms with Crippen LogP contribution in [0.15, 0.2) is 36.4 Å². The van der Waals surface area contributed by atoms with Gasteiger partial charge in [-0.2, -0.15) is 0 Å². The molecule has 1 aliphatic heterocycles. The molecule has 1 saturated carbocycles. The van der Waals surface area contributed by atoms with E-state index in [0.29, 0.717) is 22.7 Å². The highest BCUT2D eigenvalue weighted by atomic mass is 19.3. The first kappa shape index (κ1) is 23.0. The van der Waals surface area contributed by atoms with Crippen LogP contribution in [0.25, 0.3) is 16.9 Å². The minimum atomic E-state index is -2.86. The van der Waals surface area contributed by atoms with Gasteiger partial charge in [0.25, 0.3) is 5.91 Å². The molecule has 1 aromatic carbocycles. The Bertz CT molecular complexity index is 1340. The van der Waals surface area contributed by atoms with E-state index in [1.807, 2.05) is 19.1 Å². The van der Waals surface area contributed by atoms with Gasteiger partial charge in [0.15, 0.2) is 11.4 Å². The average molecular weight is 483 g/mol. The predicted molar refractivity (Wildman–Crippen MR) is 120 cm³/mol. The van der Waals surface area contributed by atoms with E-state index < -0.39 is 48.6 Å². The van der Waals surface area contributed by atoms with Crippen LogP contribution in [-0.4, -0.2) is 60.3 Å². The summed E-state index contributed by atoms with van der Waals surface area (Å²) in [5, 5.41) is 12.3. The van der Waals surface area contributed by atoms with Crippen molar-refractivity contribution < 1.29 is 28.3 Å². The number of aryl methyl sites for hydroxylation is 1. The fraction of sp³-hybridized carbons (Fsp3) is 0.375. The van der Waals surface area contributed by atoms with Crippen molar-refractivity contribution in [1.29, 1.82) is 0 Å². The third-order valence-corrected chi connectivity index (χ3v) is 6.68. The van der Waals surface area contributed by atoms with E-state index in [9.17, 15) is 28.3 Å². The number of rotatable bonds is 5. The van der Waals surface area contributed by atoms with Crippen LogP contribution in [-0.2, 0) is 11.4 Å². The summed E-state index contributed by atoms with van der Waals surface area (Å²) in [6, 6.07) is 9.31. The third-order valence-electron chi connectivity index (χ3n) is 6.68. The number of aliphatic hydroxyl groups excluding tert-OH is 1. The quantitative estimate of drug-likeness (QED) is 0.426. The molecule has 0 bridgehead atoms. The maximum atomic E-state index is 13.6. The van der Waals surface area contributed by atoms with Gasteiger partial charge in [-0.1, -0.05) is 0 Å². The van der Waals surface area contributed by atoms with Crippen molar-refractivity contribution in [1.82, 2.24) is 24.8 Å². The van der Waals surface area contributed by atoms with Crippen LogP contribution >= 0.6 is 0 Å². The Balaban J connectivity index is 1.35. The zero-order valence-corrected chi connectivity index (χ0v) is 18.9. The summed E-state index contributed by atoms with van der Waals surface area (Å²) >= 11 is 0. The van der Waals surface area contributed by atoms with Crippen molar-refractivity contribution in [2.24, 2.45) is 0 Å². The number of nitrogens with one attached hydrogen (secondary N) is 1. The first-order valence-electron chi connectivity index (χ1n) is 11.2. The van der Waals surface area contributed by atoms with Gasteiger partial charge in [-0.3, -0.25) is 19.1 Å². The number of imidazole rings is 1. The highest BCUT2D eigenvalue weighted by Crippen LogP contribution is 2.41. The maximum Gasteiger partial charge on any atom is 0.325 e. The van der Waals surface area contributed by atoms with Gasteiger partial charge in [0, 0.05) is 29.8 Å². The molecule has 3 amide bonds. The molecule has 2 fully saturated rings. The number of aromatic nitrogens is 3. The molecule has 2 N–H and O–H groups in total. The third kappa shape index (κ3) is 3.95. The van der Waals surface area contributed by atoms with E-state index in [2.05, 4.69) is 15.3 Å². The van der Waals surface area contributed by atoms with E-state index in [1.54, 1.807) is 28.8 Å². The number of halogens is 2. The van der Waals surface area contributed by atoms with E-state index in [4.69, 9.17) is 0 Å². The molecule has 1 spiro atoms. The van der Waals surface area contributed by atoms with E-state index in [0.717, 1.165) is 10.6 Å². The van der Waals surface area contributed by atoms with Crippen molar-refractivity contribution >= 4 is 28.9 Å². The Morgan fingerprint density at radius 1 is 1.06 bits per heavy atom. The number of benzene rings is 1. The van der Waals surface area contributed by atoms with Gasteiger partial charge in [0.05, 0.1) is 6.54 Å². The standard InChI is InChI=1S/C24H23F2N5O4/c1-14-2-7-17-20(27-14)31(19(13-32)28-17)16-5-3-15(4-6-16)18(33)12-30-21(34)23(29-22(30)35)8-10-24(25,26)11-9-23/h2-7,32H,8-13H2,1H3,(H,29,35). The van der Waals surface area contributed by atoms with Crippen molar-refractivity contribution in [2.45, 2.75) is 50.7 Å². The second-order valence-electron chi connectivity index (χ2n) is 9.05. The highest BCUT2D eigenvalue weighted by Gasteiger charge is 2.55. The number of nitrogens with zero attached hydrogens (tertiary/aromatic N) is 4. The summed E-state index contributed by atoms with van der Waals surface area (Å²) < 4.78 is 28.8. The van der Waals surface area contributed by atoms with Crippen LogP contribution in [0.4, 0.5) is 13.6 Å². The van der Waals surface area contributed by atoms with Crippen molar-refractivity contribution in [3.63, 3.8) is 0 Å². The van der Waals surface area contributed by atoms with Crippen LogP contribution in [0.5, 0.6) is 0 Å². The number of ketones is 1. The number of carbonyl (C=O) groups excluding carboxylic acids is 3. The number of pyridine rings is 1. The molecule has 182 valence electrons. The molecule has 2 aromatic heterocycles. The van der Waals surface area contributed by atoms with Crippen LogP contribution in [0.1, 0.15) is 47.6 Å². The van der Waals surface area contributed by atoms with Crippen molar-refractivity contribution in [3.05, 3.63) is 53.5 Å². The lowest BCUT2D eigenvalue weighted by Crippen LogP contribution is -2.51. The lowest BCUT2D eigenvalue weighted by atomic mass is 9.80. The van der Waals surface area contributed by atoms with Crippen LogP contribution in [0, 0.1) is 6.92 Å². The highest BCUT2D eigenvalue weighted by molar-refractivity contribution is 6.11. The van der Waals surface area contributed by atoms with E-state index >= 15 is 0 Å². The largest absolute Gasteiger partial charge is 0.388 e. The molecule has 3 heterocycles. The first-order chi connectivity index (χ1) is 16.6. The lowest BCUT2D eigenvalue weighted by Gasteiger charge is -2.34. The van der Waals surface area contributed by atoms with Gasteiger partial charge in [-0.15, -0.1) is 0 Å². The Labute approximate surface area is 198 Å². The van der Waals surface area contributed by atoms with Gasteiger partial charge in [0.2, 0.25) is 5.92 Å². The number of aliphatic hydroxyl groups is 1. The Hall–Kier alpha value is -3.73. The normalized spacial score (nSPS) is 18.9. The molecule has 0 radical (unpaired) electrons. The number of imide groups is 1. The summed E-state index contributed by atoms with van der Waals surface area (Å²) in [5.74, 6) is -3.57. The molecule has 35 heavy (non-hydrogen) atoms. The van der Waals surface area contributed by atoms with Gasteiger partial charge in [0.1, 0.15) is 23.5 Å². The van der Waals surface area contributed by atoms with Gasteiger partial charge < -0.3 is 10.4 Å². The zero-order chi connectivity index (χ0) is 25.0. The van der Waals surface area contributed by atoms with Crippen LogP contribution in [0.2, 0.25) is 0 Å². The number of hydrogen-bond donors (Lipinski definition) is 2. The Morgan fingerprint density at radius 2 is 1.74 bits per heavy atom. The maximum absolute atomic E-state index is 13.6. The Morgan fingerprint density at radius 3 is 2.40 bits per heavy atom. The topological polar surface area (TPSA) is 117 Å². The number of fused-ring (bicyclic) bond motifs is 1. The zero-order valence-electron chi connectivity index (χ0n) is 18.9. The van der Waals surface area contributed by atoms with Crippen LogP contribution < -0.4 is 5.32 Å². The summed E-state index contributed by atoms with van der Waals surface area (Å²) in [4.78, 5) is 47.9. The summed E-state index contributed by atoms with van der Waals surface area (Å²) in [5.41, 5.74) is 1.50. The minimum absolute atomic E-state index is 0.163. The molecular weight excluding hydrogens is 460 g/mol. The second-order valence-corrected chi connectivity index (χ2v) is 9.05. The number of Topliss-reactive ketones (excluding diaryl/α,β-unsaturated/α-hetero) is 1. The van der Waals surface area contributed by atoms with Gasteiger partial charge in [-0.25, -0.2) is 23.5 Å². The Kier molecular flexibility index (Phi) is 5.39. The van der Waals surface area contributed by atoms with Crippen LogP contribution in [0.3, 0.4) is 0 Å². The predicted octanol–water partition coefficient (Wildman–Crippen LogP) is 2.90. The number of alkyl halides is 2. The molecule has 2 aliphatic rings. The van der Waals surface area contributed by atoms with Crippen molar-refractivity contribution in [3.8, 4) is 5.69 Å². The number of hydrogen-bond acceptors (Lipinski definition) is 6. The summed E-state index contributed by atoms with van der Waals surface area (Å²) in [7, 11) is 0. The number of amides is 3. The number of urea groups is 1. The fourth-order valence-electron chi connectivity index (χ4n) is 4.71. The second kappa shape index (κ2) is 8.19. The van der Waals surface area contributed by atoms with Crippen molar-refractivity contribution in [2.75, 3.05) is 6.54 Å². The number of carbonyl (C=O) groups is 3. The fourth-order valence-corrected chi connectivity index (χ4v) is 4.71. The molecule has 1 saturated heterocycles. The van der Waals surface area contributed by atoms with Gasteiger partial charge >= 0.3 is 6.03 Å². The van der Waals surface area contributed by atoms with E-state index in [-0.39, 0.29) is 25.0 Å². The SMILES string of the molecule is Cc1ccc2nc(CO)n(-c3ccc(C(=O)CN4C(=O)NC5(CCC(F)(F)CC5)C4=O)cc3)c2n1. The summed E-state index contributed by atoms with van der Waals surface area (Å²) in [6.07, 6.45) is -1.31. The van der Waals surface area contributed by atoms with Gasteiger partial charge in [-0.05, 0) is 56.2 Å². The smallest absolute Gasteiger partial charge is 0.325 e. The summed E-state index contributed by atoms with van der Waals surface area (Å²) in [6.45, 7) is 1.05. The minimum Gasteiger partial charge on any atom is -0.388 e. The molecule has 5 rings (SSSR count). The molecule has 9 nitrogen and oxygen atoms in total. The van der Waals surface area contributed by atoms with E-state index in [1.165, 1.54) is 0 Å². The molecular formula is C24H23F2N5O4. The monoisotopic (exact) mass is 483 g/mol. The molecule has 1 aliphatic carbocycles. The molecule has 0 unspecified atom stereocenters. The molecule has 11 heteroatoms. The first-order valence-corrected chi connectivity index (χ1v) is 11.2.